The van der Waals surface area contributed by atoms with E-state index in [0.717, 1.165) is 40.4 Å². The van der Waals surface area contributed by atoms with Crippen molar-refractivity contribution >= 4 is 22.7 Å². The Hall–Kier alpha value is -2.30. The first-order valence-corrected chi connectivity index (χ1v) is 8.16. The molecule has 122 valence electrons. The Kier molecular flexibility index (Phi) is 4.11. The third kappa shape index (κ3) is 2.83. The highest BCUT2D eigenvalue weighted by Crippen LogP contribution is 2.27. The van der Waals surface area contributed by atoms with E-state index in [4.69, 9.17) is 0 Å². The van der Waals surface area contributed by atoms with Gasteiger partial charge in [-0.3, -0.25) is 9.59 Å². The van der Waals surface area contributed by atoms with E-state index >= 15 is 0 Å². The molecule has 2 amide bonds. The Morgan fingerprint density at radius 3 is 2.65 bits per heavy atom. The van der Waals surface area contributed by atoms with Gasteiger partial charge in [0, 0.05) is 17.4 Å². The van der Waals surface area contributed by atoms with Crippen LogP contribution in [0.1, 0.15) is 46.4 Å². The number of amides is 2. The van der Waals surface area contributed by atoms with Crippen LogP contribution in [0.15, 0.2) is 12.1 Å². The van der Waals surface area contributed by atoms with Crippen molar-refractivity contribution in [1.82, 2.24) is 15.6 Å². The zero-order chi connectivity index (χ0) is 16.6. The molecular formula is C18H23N3O2. The maximum Gasteiger partial charge on any atom is 0.268 e. The van der Waals surface area contributed by atoms with Crippen molar-refractivity contribution in [2.75, 3.05) is 6.54 Å². The summed E-state index contributed by atoms with van der Waals surface area (Å²) in [5.41, 5.74) is 4.74. The van der Waals surface area contributed by atoms with Crippen molar-refractivity contribution in [1.29, 1.82) is 0 Å². The number of hydrogen-bond acceptors (Lipinski definition) is 2. The van der Waals surface area contributed by atoms with Crippen LogP contribution in [-0.2, 0) is 4.79 Å². The monoisotopic (exact) mass is 313 g/mol. The van der Waals surface area contributed by atoms with Crippen molar-refractivity contribution in [2.45, 2.75) is 46.1 Å². The van der Waals surface area contributed by atoms with Crippen molar-refractivity contribution in [2.24, 2.45) is 0 Å². The maximum atomic E-state index is 12.7. The Labute approximate surface area is 135 Å². The lowest BCUT2D eigenvalue weighted by atomic mass is 10.0. The largest absolute Gasteiger partial charge is 0.354 e. The van der Waals surface area contributed by atoms with E-state index in [2.05, 4.69) is 21.7 Å². The lowest BCUT2D eigenvalue weighted by molar-refractivity contribution is -0.122. The number of aryl methyl sites for hydroxylation is 3. The van der Waals surface area contributed by atoms with Gasteiger partial charge in [-0.05, 0) is 56.7 Å². The van der Waals surface area contributed by atoms with Gasteiger partial charge in [0.25, 0.3) is 5.91 Å². The fraction of sp³-hybridized carbons (Fsp3) is 0.444. The Morgan fingerprint density at radius 2 is 1.91 bits per heavy atom. The molecule has 2 aromatic rings. The minimum absolute atomic E-state index is 0.0861. The number of rotatable bonds is 2. The molecule has 1 aromatic carbocycles. The molecule has 1 aromatic heterocycles. The van der Waals surface area contributed by atoms with Crippen molar-refractivity contribution in [3.8, 4) is 0 Å². The molecule has 3 N–H and O–H groups in total. The second kappa shape index (κ2) is 6.07. The summed E-state index contributed by atoms with van der Waals surface area (Å²) in [4.78, 5) is 27.9. The summed E-state index contributed by atoms with van der Waals surface area (Å²) in [6.07, 6.45) is 2.59. The molecule has 5 nitrogen and oxygen atoms in total. The number of fused-ring (bicyclic) bond motifs is 1. The molecule has 0 aliphatic carbocycles. The zero-order valence-electron chi connectivity index (χ0n) is 13.9. The van der Waals surface area contributed by atoms with Crippen LogP contribution in [0, 0.1) is 20.8 Å². The highest BCUT2D eigenvalue weighted by molar-refractivity contribution is 6.04. The van der Waals surface area contributed by atoms with Crippen LogP contribution in [0.5, 0.6) is 0 Å². The van der Waals surface area contributed by atoms with Crippen molar-refractivity contribution < 1.29 is 9.59 Å². The van der Waals surface area contributed by atoms with E-state index in [1.165, 1.54) is 0 Å². The molecule has 0 bridgehead atoms. The number of benzene rings is 1. The summed E-state index contributed by atoms with van der Waals surface area (Å²) in [6, 6.07) is 3.67. The van der Waals surface area contributed by atoms with Gasteiger partial charge >= 0.3 is 0 Å². The number of carbonyl (C=O) groups is 2. The Morgan fingerprint density at radius 1 is 1.17 bits per heavy atom. The minimum Gasteiger partial charge on any atom is -0.354 e. The smallest absolute Gasteiger partial charge is 0.268 e. The van der Waals surface area contributed by atoms with Gasteiger partial charge in [-0.15, -0.1) is 0 Å². The first-order chi connectivity index (χ1) is 11.0. The molecule has 3 rings (SSSR count). The van der Waals surface area contributed by atoms with Gasteiger partial charge < -0.3 is 15.6 Å². The summed E-state index contributed by atoms with van der Waals surface area (Å²) in [6.45, 7) is 6.71. The topological polar surface area (TPSA) is 74.0 Å². The fourth-order valence-corrected chi connectivity index (χ4v) is 3.33. The summed E-state index contributed by atoms with van der Waals surface area (Å²) in [7, 11) is 0. The second-order valence-corrected chi connectivity index (χ2v) is 6.39. The predicted octanol–water partition coefficient (Wildman–Crippen LogP) is 2.49. The van der Waals surface area contributed by atoms with Crippen LogP contribution in [0.25, 0.3) is 10.9 Å². The lowest BCUT2D eigenvalue weighted by Crippen LogP contribution is -2.45. The van der Waals surface area contributed by atoms with E-state index in [-0.39, 0.29) is 11.8 Å². The molecule has 2 heterocycles. The molecule has 1 fully saturated rings. The van der Waals surface area contributed by atoms with Crippen LogP contribution in [0.4, 0.5) is 0 Å². The summed E-state index contributed by atoms with van der Waals surface area (Å²) >= 11 is 0. The van der Waals surface area contributed by atoms with Crippen LogP contribution < -0.4 is 10.6 Å². The number of hydrogen-bond donors (Lipinski definition) is 3. The number of nitrogens with one attached hydrogen (secondary N) is 3. The average Bonchev–Trinajstić information content (AvgIpc) is 2.75. The molecule has 23 heavy (non-hydrogen) atoms. The minimum atomic E-state index is -0.446. The van der Waals surface area contributed by atoms with Crippen LogP contribution >= 0.6 is 0 Å². The second-order valence-electron chi connectivity index (χ2n) is 6.39. The van der Waals surface area contributed by atoms with E-state index < -0.39 is 6.04 Å². The molecule has 0 saturated carbocycles. The van der Waals surface area contributed by atoms with Gasteiger partial charge in [0.15, 0.2) is 0 Å². The first-order valence-electron chi connectivity index (χ1n) is 8.16. The molecule has 5 heteroatoms. The van der Waals surface area contributed by atoms with Crippen LogP contribution in [0.3, 0.4) is 0 Å². The molecule has 0 unspecified atom stereocenters. The normalized spacial score (nSPS) is 18.6. The lowest BCUT2D eigenvalue weighted by Gasteiger charge is -2.14. The van der Waals surface area contributed by atoms with Gasteiger partial charge in [-0.25, -0.2) is 0 Å². The summed E-state index contributed by atoms with van der Waals surface area (Å²) in [5, 5.41) is 6.83. The highest BCUT2D eigenvalue weighted by Gasteiger charge is 2.25. The maximum absolute atomic E-state index is 12.7. The zero-order valence-corrected chi connectivity index (χ0v) is 13.9. The quantitative estimate of drug-likeness (QED) is 0.797. The number of H-pyrrole nitrogens is 1. The van der Waals surface area contributed by atoms with Crippen molar-refractivity contribution in [3.63, 3.8) is 0 Å². The van der Waals surface area contributed by atoms with Gasteiger partial charge in [-0.2, -0.15) is 0 Å². The third-order valence-corrected chi connectivity index (χ3v) is 4.69. The summed E-state index contributed by atoms with van der Waals surface area (Å²) < 4.78 is 0. The van der Waals surface area contributed by atoms with Crippen LogP contribution in [-0.4, -0.2) is 29.4 Å². The number of carbonyl (C=O) groups excluding carboxylic acids is 2. The van der Waals surface area contributed by atoms with Gasteiger partial charge in [0.05, 0.1) is 0 Å². The Balaban J connectivity index is 1.92. The molecule has 1 atom stereocenters. The summed E-state index contributed by atoms with van der Waals surface area (Å²) in [5.74, 6) is -0.295. The molecule has 1 aliphatic rings. The molecule has 1 aliphatic heterocycles. The number of aromatic nitrogens is 1. The van der Waals surface area contributed by atoms with E-state index in [1.807, 2.05) is 26.8 Å². The Bertz CT molecular complexity index is 776. The van der Waals surface area contributed by atoms with Crippen molar-refractivity contribution in [3.05, 3.63) is 34.5 Å². The third-order valence-electron chi connectivity index (χ3n) is 4.69. The van der Waals surface area contributed by atoms with E-state index in [9.17, 15) is 9.59 Å². The van der Waals surface area contributed by atoms with Gasteiger partial charge in [0.1, 0.15) is 11.7 Å². The SMILES string of the molecule is Cc1ccc(C)c2c(C)c(C(=O)N[C@H]3CCCCNC3=O)[nH]c12. The average molecular weight is 313 g/mol. The first kappa shape index (κ1) is 15.6. The molecule has 1 saturated heterocycles. The highest BCUT2D eigenvalue weighted by atomic mass is 16.2. The molecular weight excluding hydrogens is 290 g/mol. The number of aromatic amines is 1. The van der Waals surface area contributed by atoms with Gasteiger partial charge in [0.2, 0.25) is 5.91 Å². The van der Waals surface area contributed by atoms with Crippen LogP contribution in [0.2, 0.25) is 0 Å². The fourth-order valence-electron chi connectivity index (χ4n) is 3.33. The van der Waals surface area contributed by atoms with E-state index in [0.29, 0.717) is 18.7 Å². The predicted molar refractivity (Wildman–Crippen MR) is 90.6 cm³/mol. The molecule has 0 radical (unpaired) electrons. The molecule has 0 spiro atoms. The van der Waals surface area contributed by atoms with E-state index in [1.54, 1.807) is 0 Å². The standard InChI is InChI=1S/C18H23N3O2/c1-10-7-8-11(2)15-14(10)12(3)16(21-15)18(23)20-13-6-4-5-9-19-17(13)22/h7-8,13,21H,4-6,9H2,1-3H3,(H,19,22)(H,20,23)/t13-/m0/s1. The van der Waals surface area contributed by atoms with Gasteiger partial charge in [-0.1, -0.05) is 12.1 Å².